The molecule has 108 valence electrons. The predicted molar refractivity (Wildman–Crippen MR) is 76.7 cm³/mol. The fourth-order valence-corrected chi connectivity index (χ4v) is 2.09. The number of likely N-dealkylation sites (N-methyl/N-ethyl adjacent to an activating group) is 2. The summed E-state index contributed by atoms with van der Waals surface area (Å²) in [6.07, 6.45) is 0. The third-order valence-electron chi connectivity index (χ3n) is 2.67. The average Bonchev–Trinajstić information content (AvgIpc) is 2.42. The zero-order valence-electron chi connectivity index (χ0n) is 11.1. The first-order chi connectivity index (χ1) is 9.38. The lowest BCUT2D eigenvalue weighted by Crippen LogP contribution is -2.39. The highest BCUT2D eigenvalue weighted by molar-refractivity contribution is 9.10. The minimum atomic E-state index is -1.12. The van der Waals surface area contributed by atoms with Gasteiger partial charge in [0.15, 0.2) is 0 Å². The monoisotopic (exact) mass is 342 g/mol. The molecule has 6 nitrogen and oxygen atoms in total. The van der Waals surface area contributed by atoms with Crippen molar-refractivity contribution < 1.29 is 19.5 Å². The Balaban J connectivity index is 3.06. The van der Waals surface area contributed by atoms with Gasteiger partial charge in [0, 0.05) is 23.6 Å². The number of benzene rings is 1. The van der Waals surface area contributed by atoms with E-state index in [2.05, 4.69) is 21.2 Å². The lowest BCUT2D eigenvalue weighted by Gasteiger charge is -2.20. The molecule has 0 aromatic heterocycles. The maximum atomic E-state index is 12.3. The second-order valence-electron chi connectivity index (χ2n) is 4.03. The number of halogens is 1. The zero-order valence-corrected chi connectivity index (χ0v) is 12.7. The van der Waals surface area contributed by atoms with Crippen LogP contribution in [0.15, 0.2) is 22.7 Å². The first-order valence-electron chi connectivity index (χ1n) is 5.92. The number of carbonyl (C=O) groups excluding carboxylic acids is 2. The normalized spacial score (nSPS) is 9.95. The molecule has 20 heavy (non-hydrogen) atoms. The van der Waals surface area contributed by atoms with Crippen LogP contribution in [0.2, 0.25) is 0 Å². The summed E-state index contributed by atoms with van der Waals surface area (Å²) in [4.78, 5) is 36.0. The summed E-state index contributed by atoms with van der Waals surface area (Å²) >= 11 is 3.17. The van der Waals surface area contributed by atoms with E-state index in [9.17, 15) is 14.4 Å². The van der Waals surface area contributed by atoms with Gasteiger partial charge in [-0.05, 0) is 25.1 Å². The minimum absolute atomic E-state index is 0.0127. The molecule has 1 rings (SSSR count). The van der Waals surface area contributed by atoms with Crippen molar-refractivity contribution in [3.8, 4) is 0 Å². The number of carboxylic acids is 1. The quantitative estimate of drug-likeness (QED) is 0.845. The van der Waals surface area contributed by atoms with Gasteiger partial charge < -0.3 is 15.3 Å². The van der Waals surface area contributed by atoms with Gasteiger partial charge in [-0.25, -0.2) is 4.79 Å². The Kier molecular flexibility index (Phi) is 5.69. The maximum Gasteiger partial charge on any atom is 0.335 e. The number of hydrogen-bond acceptors (Lipinski definition) is 3. The van der Waals surface area contributed by atoms with Gasteiger partial charge in [-0.1, -0.05) is 15.9 Å². The number of nitrogens with zero attached hydrogens (tertiary/aromatic N) is 1. The van der Waals surface area contributed by atoms with Crippen LogP contribution >= 0.6 is 15.9 Å². The Labute approximate surface area is 124 Å². The second kappa shape index (κ2) is 7.04. The molecule has 0 aliphatic carbocycles. The molecule has 0 saturated carbocycles. The van der Waals surface area contributed by atoms with Crippen LogP contribution in [-0.4, -0.2) is 47.9 Å². The molecule has 0 radical (unpaired) electrons. The molecule has 0 spiro atoms. The fraction of sp³-hybridized carbons (Fsp3) is 0.308. The van der Waals surface area contributed by atoms with Crippen molar-refractivity contribution in [2.75, 3.05) is 20.1 Å². The third kappa shape index (κ3) is 4.06. The molecule has 2 N–H and O–H groups in total. The van der Waals surface area contributed by atoms with Gasteiger partial charge >= 0.3 is 5.97 Å². The Morgan fingerprint density at radius 3 is 2.35 bits per heavy atom. The summed E-state index contributed by atoms with van der Waals surface area (Å²) in [5.74, 6) is -1.79. The summed E-state index contributed by atoms with van der Waals surface area (Å²) in [6.45, 7) is 2.03. The second-order valence-corrected chi connectivity index (χ2v) is 4.94. The van der Waals surface area contributed by atoms with Gasteiger partial charge in [0.2, 0.25) is 5.91 Å². The van der Waals surface area contributed by atoms with Gasteiger partial charge in [-0.15, -0.1) is 0 Å². The number of carboxylic acid groups (broad SMARTS) is 1. The Bertz CT molecular complexity index is 545. The van der Waals surface area contributed by atoms with Crippen molar-refractivity contribution in [2.45, 2.75) is 6.92 Å². The highest BCUT2D eigenvalue weighted by atomic mass is 79.9. The Hall–Kier alpha value is -1.89. The first-order valence-corrected chi connectivity index (χ1v) is 6.72. The van der Waals surface area contributed by atoms with E-state index >= 15 is 0 Å². The molecule has 0 aliphatic heterocycles. The van der Waals surface area contributed by atoms with Crippen molar-refractivity contribution >= 4 is 33.7 Å². The molecule has 0 fully saturated rings. The third-order valence-corrected chi connectivity index (χ3v) is 3.13. The van der Waals surface area contributed by atoms with Crippen LogP contribution in [-0.2, 0) is 4.79 Å². The Morgan fingerprint density at radius 2 is 1.85 bits per heavy atom. The summed E-state index contributed by atoms with van der Waals surface area (Å²) in [6, 6.07) is 4.23. The number of nitrogens with one attached hydrogen (secondary N) is 1. The van der Waals surface area contributed by atoms with Crippen LogP contribution in [0, 0.1) is 0 Å². The number of rotatable bonds is 5. The number of hydrogen-bond donors (Lipinski definition) is 2. The van der Waals surface area contributed by atoms with Crippen molar-refractivity contribution in [1.29, 1.82) is 0 Å². The average molecular weight is 343 g/mol. The van der Waals surface area contributed by atoms with Gasteiger partial charge in [0.1, 0.15) is 0 Å². The van der Waals surface area contributed by atoms with Crippen molar-refractivity contribution in [1.82, 2.24) is 10.2 Å². The molecule has 0 saturated heterocycles. The fourth-order valence-electron chi connectivity index (χ4n) is 1.60. The molecular weight excluding hydrogens is 328 g/mol. The maximum absolute atomic E-state index is 12.3. The van der Waals surface area contributed by atoms with E-state index in [0.29, 0.717) is 11.0 Å². The molecule has 0 aliphatic rings. The van der Waals surface area contributed by atoms with E-state index in [4.69, 9.17) is 5.11 Å². The molecule has 1 aromatic rings. The predicted octanol–water partition coefficient (Wildman–Crippen LogP) is 1.36. The summed E-state index contributed by atoms with van der Waals surface area (Å²) in [7, 11) is 1.49. The minimum Gasteiger partial charge on any atom is -0.478 e. The lowest BCUT2D eigenvalue weighted by atomic mass is 10.1. The van der Waals surface area contributed by atoms with Crippen LogP contribution in [0.4, 0.5) is 0 Å². The summed E-state index contributed by atoms with van der Waals surface area (Å²) in [5, 5.41) is 11.4. The van der Waals surface area contributed by atoms with Crippen LogP contribution in [0.25, 0.3) is 0 Å². The van der Waals surface area contributed by atoms with E-state index < -0.39 is 5.97 Å². The molecule has 0 unspecified atom stereocenters. The van der Waals surface area contributed by atoms with Crippen LogP contribution in [0.5, 0.6) is 0 Å². The molecule has 0 atom stereocenters. The van der Waals surface area contributed by atoms with Crippen LogP contribution < -0.4 is 5.32 Å². The van der Waals surface area contributed by atoms with Gasteiger partial charge in [-0.2, -0.15) is 0 Å². The summed E-state index contributed by atoms with van der Waals surface area (Å²) < 4.78 is 0.497. The topological polar surface area (TPSA) is 86.7 Å². The van der Waals surface area contributed by atoms with E-state index in [1.807, 2.05) is 0 Å². The molecule has 0 heterocycles. The standard InChI is InChI=1S/C13H15BrN2O4/c1-3-16(7-11(17)15-2)12(18)8-4-9(13(19)20)6-10(14)5-8/h4-6H,3,7H2,1-2H3,(H,15,17)(H,19,20). The highest BCUT2D eigenvalue weighted by Gasteiger charge is 2.18. The van der Waals surface area contributed by atoms with Crippen molar-refractivity contribution in [3.63, 3.8) is 0 Å². The van der Waals surface area contributed by atoms with E-state index in [0.717, 1.165) is 0 Å². The largest absolute Gasteiger partial charge is 0.478 e. The Morgan fingerprint density at radius 1 is 1.25 bits per heavy atom. The molecule has 2 amide bonds. The van der Waals surface area contributed by atoms with Crippen LogP contribution in [0.3, 0.4) is 0 Å². The number of amides is 2. The highest BCUT2D eigenvalue weighted by Crippen LogP contribution is 2.17. The smallest absolute Gasteiger partial charge is 0.335 e. The van der Waals surface area contributed by atoms with Crippen LogP contribution in [0.1, 0.15) is 27.6 Å². The number of carbonyl (C=O) groups is 3. The SMILES string of the molecule is CCN(CC(=O)NC)C(=O)c1cc(Br)cc(C(=O)O)c1. The molecule has 7 heteroatoms. The van der Waals surface area contributed by atoms with Gasteiger partial charge in [0.05, 0.1) is 12.1 Å². The molecule has 0 bridgehead atoms. The molecule has 1 aromatic carbocycles. The number of aromatic carboxylic acids is 1. The zero-order chi connectivity index (χ0) is 15.3. The van der Waals surface area contributed by atoms with E-state index in [1.165, 1.54) is 30.1 Å². The van der Waals surface area contributed by atoms with Gasteiger partial charge in [-0.3, -0.25) is 9.59 Å². The van der Waals surface area contributed by atoms with E-state index in [-0.39, 0.29) is 29.5 Å². The van der Waals surface area contributed by atoms with Crippen molar-refractivity contribution in [2.24, 2.45) is 0 Å². The van der Waals surface area contributed by atoms with Gasteiger partial charge in [0.25, 0.3) is 5.91 Å². The first kappa shape index (κ1) is 16.2. The van der Waals surface area contributed by atoms with Crippen molar-refractivity contribution in [3.05, 3.63) is 33.8 Å². The molecular formula is C13H15BrN2O4. The van der Waals surface area contributed by atoms with E-state index in [1.54, 1.807) is 6.92 Å². The summed E-state index contributed by atoms with van der Waals surface area (Å²) in [5.41, 5.74) is 0.237. The lowest BCUT2D eigenvalue weighted by molar-refractivity contribution is -0.121.